The molecule has 0 saturated heterocycles. The van der Waals surface area contributed by atoms with Crippen LogP contribution in [0, 0.1) is 11.3 Å². The second kappa shape index (κ2) is 3.10. The van der Waals surface area contributed by atoms with Crippen LogP contribution < -0.4 is 0 Å². The number of rotatable bonds is 4. The third-order valence-electron chi connectivity index (χ3n) is 2.36. The van der Waals surface area contributed by atoms with Crippen LogP contribution in [0.3, 0.4) is 0 Å². The Balaban J connectivity index is 2.16. The molecule has 1 aliphatic rings. The van der Waals surface area contributed by atoms with E-state index in [1.54, 1.807) is 0 Å². The van der Waals surface area contributed by atoms with Crippen LogP contribution in [0.15, 0.2) is 0 Å². The summed E-state index contributed by atoms with van der Waals surface area (Å²) >= 11 is 5.71. The number of ether oxygens (including phenoxy) is 1. The summed E-state index contributed by atoms with van der Waals surface area (Å²) in [5.41, 5.74) is 0.414. The molecule has 0 N–H and O–H groups in total. The summed E-state index contributed by atoms with van der Waals surface area (Å²) in [6.07, 6.45) is 1.25. The first kappa shape index (κ1) is 8.35. The first-order valence-electron chi connectivity index (χ1n) is 3.86. The molecule has 0 bridgehead atoms. The largest absolute Gasteiger partial charge is 0.381 e. The highest BCUT2D eigenvalue weighted by atomic mass is 35.5. The Kier molecular flexibility index (Phi) is 2.59. The van der Waals surface area contributed by atoms with Crippen LogP contribution in [0.4, 0.5) is 0 Å². The number of hydrogen-bond acceptors (Lipinski definition) is 1. The van der Waals surface area contributed by atoms with Crippen LogP contribution in [0.1, 0.15) is 20.3 Å². The molecular formula is C8H15ClO. The van der Waals surface area contributed by atoms with E-state index in [0.717, 1.165) is 19.1 Å². The van der Waals surface area contributed by atoms with Crippen molar-refractivity contribution in [2.45, 2.75) is 20.3 Å². The van der Waals surface area contributed by atoms with E-state index < -0.39 is 0 Å². The Morgan fingerprint density at radius 1 is 1.70 bits per heavy atom. The molecule has 1 nitrogen and oxygen atoms in total. The fourth-order valence-electron chi connectivity index (χ4n) is 1.26. The van der Waals surface area contributed by atoms with Crippen molar-refractivity contribution in [2.24, 2.45) is 11.3 Å². The molecular weight excluding hydrogens is 148 g/mol. The van der Waals surface area contributed by atoms with Gasteiger partial charge in [0.25, 0.3) is 0 Å². The summed E-state index contributed by atoms with van der Waals surface area (Å²) in [4.78, 5) is 0. The normalized spacial score (nSPS) is 38.1. The predicted molar refractivity (Wildman–Crippen MR) is 43.4 cm³/mol. The molecule has 2 heteroatoms. The van der Waals surface area contributed by atoms with Crippen LogP contribution in [-0.4, -0.2) is 19.1 Å². The van der Waals surface area contributed by atoms with Gasteiger partial charge in [-0.05, 0) is 24.7 Å². The molecule has 0 aromatic rings. The molecule has 2 atom stereocenters. The first-order valence-corrected chi connectivity index (χ1v) is 4.40. The Morgan fingerprint density at radius 3 is 2.80 bits per heavy atom. The number of halogens is 1. The van der Waals surface area contributed by atoms with Crippen LogP contribution in [0.5, 0.6) is 0 Å². The van der Waals surface area contributed by atoms with Gasteiger partial charge in [-0.15, -0.1) is 11.6 Å². The van der Waals surface area contributed by atoms with Gasteiger partial charge in [0.05, 0.1) is 6.61 Å². The summed E-state index contributed by atoms with van der Waals surface area (Å²) in [6, 6.07) is 0. The van der Waals surface area contributed by atoms with Crippen molar-refractivity contribution in [3.05, 3.63) is 0 Å². The molecule has 0 aromatic carbocycles. The maximum Gasteiger partial charge on any atom is 0.0522 e. The minimum Gasteiger partial charge on any atom is -0.381 e. The third kappa shape index (κ3) is 1.64. The molecule has 1 aliphatic carbocycles. The molecule has 10 heavy (non-hydrogen) atoms. The molecule has 1 fully saturated rings. The molecule has 0 aliphatic heterocycles. The molecule has 0 spiro atoms. The summed E-state index contributed by atoms with van der Waals surface area (Å²) in [5, 5.41) is 0. The smallest absolute Gasteiger partial charge is 0.0522 e. The van der Waals surface area contributed by atoms with Gasteiger partial charge in [-0.2, -0.15) is 0 Å². The minimum absolute atomic E-state index is 0.414. The minimum atomic E-state index is 0.414. The van der Waals surface area contributed by atoms with Crippen LogP contribution in [0.2, 0.25) is 0 Å². The van der Waals surface area contributed by atoms with Gasteiger partial charge in [-0.3, -0.25) is 0 Å². The Bertz CT molecular complexity index is 116. The van der Waals surface area contributed by atoms with Crippen molar-refractivity contribution in [2.75, 3.05) is 19.1 Å². The van der Waals surface area contributed by atoms with E-state index in [2.05, 4.69) is 6.92 Å². The van der Waals surface area contributed by atoms with E-state index in [4.69, 9.17) is 16.3 Å². The first-order chi connectivity index (χ1) is 4.73. The highest BCUT2D eigenvalue weighted by Crippen LogP contribution is 2.52. The topological polar surface area (TPSA) is 9.23 Å². The third-order valence-corrected chi connectivity index (χ3v) is 2.73. The second-order valence-electron chi connectivity index (χ2n) is 3.35. The summed E-state index contributed by atoms with van der Waals surface area (Å²) < 4.78 is 5.33. The maximum atomic E-state index is 5.71. The van der Waals surface area contributed by atoms with Gasteiger partial charge < -0.3 is 4.74 Å². The van der Waals surface area contributed by atoms with E-state index in [1.807, 2.05) is 6.92 Å². The molecule has 60 valence electrons. The number of hydrogen-bond donors (Lipinski definition) is 0. The van der Waals surface area contributed by atoms with E-state index in [1.165, 1.54) is 6.42 Å². The molecule has 0 heterocycles. The van der Waals surface area contributed by atoms with Crippen molar-refractivity contribution in [1.29, 1.82) is 0 Å². The van der Waals surface area contributed by atoms with E-state index in [9.17, 15) is 0 Å². The Hall–Kier alpha value is 0.250. The van der Waals surface area contributed by atoms with Gasteiger partial charge in [-0.25, -0.2) is 0 Å². The van der Waals surface area contributed by atoms with Gasteiger partial charge in [0.15, 0.2) is 0 Å². The second-order valence-corrected chi connectivity index (χ2v) is 3.66. The molecule has 0 amide bonds. The van der Waals surface area contributed by atoms with E-state index in [0.29, 0.717) is 11.3 Å². The maximum absolute atomic E-state index is 5.71. The summed E-state index contributed by atoms with van der Waals surface area (Å²) in [6.45, 7) is 5.99. The van der Waals surface area contributed by atoms with Gasteiger partial charge in [0, 0.05) is 12.5 Å². The van der Waals surface area contributed by atoms with Gasteiger partial charge in [-0.1, -0.05) is 6.92 Å². The predicted octanol–water partition coefficient (Wildman–Crippen LogP) is 2.29. The lowest BCUT2D eigenvalue weighted by atomic mass is 10.1. The molecule has 0 radical (unpaired) electrons. The van der Waals surface area contributed by atoms with Crippen LogP contribution >= 0.6 is 11.6 Å². The molecule has 2 unspecified atom stereocenters. The van der Waals surface area contributed by atoms with Crippen molar-refractivity contribution in [1.82, 2.24) is 0 Å². The lowest BCUT2D eigenvalue weighted by Crippen LogP contribution is -2.09. The van der Waals surface area contributed by atoms with Crippen molar-refractivity contribution in [3.63, 3.8) is 0 Å². The highest BCUT2D eigenvalue weighted by Gasteiger charge is 2.49. The number of alkyl halides is 1. The standard InChI is InChI=1S/C8H15ClO/c1-3-10-6-8(2)4-7(8)5-9/h7H,3-6H2,1-2H3. The lowest BCUT2D eigenvalue weighted by molar-refractivity contribution is 0.102. The molecule has 1 rings (SSSR count). The highest BCUT2D eigenvalue weighted by molar-refractivity contribution is 6.18. The molecule has 0 aromatic heterocycles. The summed E-state index contributed by atoms with van der Waals surface area (Å²) in [5.74, 6) is 1.50. The SMILES string of the molecule is CCOCC1(C)CC1CCl. The van der Waals surface area contributed by atoms with Gasteiger partial charge >= 0.3 is 0 Å². The van der Waals surface area contributed by atoms with Crippen LogP contribution in [0.25, 0.3) is 0 Å². The van der Waals surface area contributed by atoms with Crippen LogP contribution in [-0.2, 0) is 4.74 Å². The fourth-order valence-corrected chi connectivity index (χ4v) is 1.74. The average molecular weight is 163 g/mol. The average Bonchev–Trinajstić information content (AvgIpc) is 2.59. The van der Waals surface area contributed by atoms with Gasteiger partial charge in [0.2, 0.25) is 0 Å². The van der Waals surface area contributed by atoms with Crippen molar-refractivity contribution in [3.8, 4) is 0 Å². The zero-order valence-electron chi connectivity index (χ0n) is 6.69. The Morgan fingerprint density at radius 2 is 2.40 bits per heavy atom. The van der Waals surface area contributed by atoms with Crippen molar-refractivity contribution >= 4 is 11.6 Å². The van der Waals surface area contributed by atoms with E-state index in [-0.39, 0.29) is 0 Å². The fraction of sp³-hybridized carbons (Fsp3) is 1.00. The molecule has 1 saturated carbocycles. The Labute approximate surface area is 67.7 Å². The van der Waals surface area contributed by atoms with Gasteiger partial charge in [0.1, 0.15) is 0 Å². The zero-order valence-corrected chi connectivity index (χ0v) is 7.45. The lowest BCUT2D eigenvalue weighted by Gasteiger charge is -2.08. The van der Waals surface area contributed by atoms with E-state index >= 15 is 0 Å². The quantitative estimate of drug-likeness (QED) is 0.577. The zero-order chi connectivity index (χ0) is 7.61. The van der Waals surface area contributed by atoms with Crippen molar-refractivity contribution < 1.29 is 4.74 Å². The summed E-state index contributed by atoms with van der Waals surface area (Å²) in [7, 11) is 0. The monoisotopic (exact) mass is 162 g/mol.